The summed E-state index contributed by atoms with van der Waals surface area (Å²) in [5.74, 6) is -0.327. The van der Waals surface area contributed by atoms with Crippen LogP contribution in [0.5, 0.6) is 23.0 Å². The average Bonchev–Trinajstić information content (AvgIpc) is 3.14. The summed E-state index contributed by atoms with van der Waals surface area (Å²) in [6, 6.07) is 8.23. The molecule has 6 heteroatoms. The summed E-state index contributed by atoms with van der Waals surface area (Å²) in [4.78, 5) is 13.2. The molecule has 0 aliphatic heterocycles. The van der Waals surface area contributed by atoms with Gasteiger partial charge in [-0.25, -0.2) is 0 Å². The lowest BCUT2D eigenvalue weighted by molar-refractivity contribution is 0.102. The first-order chi connectivity index (χ1) is 13.0. The summed E-state index contributed by atoms with van der Waals surface area (Å²) in [6.07, 6.45) is 3.53. The van der Waals surface area contributed by atoms with Crippen molar-refractivity contribution in [1.29, 1.82) is 0 Å². The van der Waals surface area contributed by atoms with Gasteiger partial charge in [-0.2, -0.15) is 0 Å². The maximum absolute atomic E-state index is 13.2. The highest BCUT2D eigenvalue weighted by molar-refractivity contribution is 6.18. The molecule has 0 atom stereocenters. The number of carbonyl (C=O) groups is 1. The second-order valence-corrected chi connectivity index (χ2v) is 5.90. The van der Waals surface area contributed by atoms with E-state index in [1.807, 2.05) is 6.92 Å². The van der Waals surface area contributed by atoms with Crippen molar-refractivity contribution in [2.75, 3.05) is 14.2 Å². The Morgan fingerprint density at radius 3 is 2.52 bits per heavy atom. The monoisotopic (exact) mass is 368 g/mol. The number of aromatic hydroxyl groups is 2. The van der Waals surface area contributed by atoms with Gasteiger partial charge < -0.3 is 24.1 Å². The number of carbonyl (C=O) groups excluding carboxylic acids is 1. The second kappa shape index (κ2) is 7.45. The van der Waals surface area contributed by atoms with E-state index in [1.54, 1.807) is 36.4 Å². The SMILES string of the molecule is CCC(=Cc1cccc(O)c1)C(=O)c1c(O)c(OC)c2occc2c1OC. The minimum atomic E-state index is -0.392. The summed E-state index contributed by atoms with van der Waals surface area (Å²) in [5, 5.41) is 20.9. The molecule has 27 heavy (non-hydrogen) atoms. The summed E-state index contributed by atoms with van der Waals surface area (Å²) in [6.45, 7) is 1.84. The molecule has 0 radical (unpaired) electrons. The van der Waals surface area contributed by atoms with E-state index in [9.17, 15) is 15.0 Å². The number of rotatable bonds is 6. The maximum Gasteiger partial charge on any atom is 0.205 e. The van der Waals surface area contributed by atoms with E-state index >= 15 is 0 Å². The van der Waals surface area contributed by atoms with Gasteiger partial charge >= 0.3 is 0 Å². The molecule has 1 heterocycles. The number of fused-ring (bicyclic) bond motifs is 1. The van der Waals surface area contributed by atoms with Crippen molar-refractivity contribution in [3.63, 3.8) is 0 Å². The summed E-state index contributed by atoms with van der Waals surface area (Å²) in [7, 11) is 2.82. The number of Topliss-reactive ketones (excluding diaryl/α,β-unsaturated/α-hetero) is 1. The van der Waals surface area contributed by atoms with Crippen LogP contribution in [0.3, 0.4) is 0 Å². The fraction of sp³-hybridized carbons (Fsp3) is 0.190. The fourth-order valence-corrected chi connectivity index (χ4v) is 3.04. The van der Waals surface area contributed by atoms with Crippen LogP contribution in [0.4, 0.5) is 0 Å². The quantitative estimate of drug-likeness (QED) is 0.491. The number of phenols is 2. The molecule has 1 aromatic heterocycles. The molecular formula is C21H20O6. The Kier molecular flexibility index (Phi) is 5.07. The van der Waals surface area contributed by atoms with Crippen LogP contribution in [0.1, 0.15) is 29.3 Å². The first kappa shape index (κ1) is 18.4. The average molecular weight is 368 g/mol. The summed E-state index contributed by atoms with van der Waals surface area (Å²) in [5.41, 5.74) is 1.43. The van der Waals surface area contributed by atoms with Crippen molar-refractivity contribution in [3.05, 3.63) is 53.3 Å². The van der Waals surface area contributed by atoms with Gasteiger partial charge in [-0.3, -0.25) is 4.79 Å². The lowest BCUT2D eigenvalue weighted by atomic mass is 9.95. The molecule has 0 bridgehead atoms. The molecule has 2 aromatic carbocycles. The van der Waals surface area contributed by atoms with Crippen molar-refractivity contribution in [3.8, 4) is 23.0 Å². The van der Waals surface area contributed by atoms with E-state index in [0.717, 1.165) is 0 Å². The van der Waals surface area contributed by atoms with Gasteiger partial charge in [-0.05, 0) is 36.3 Å². The number of methoxy groups -OCH3 is 2. The molecule has 0 saturated carbocycles. The predicted octanol–water partition coefficient (Wildman–Crippen LogP) is 4.54. The number of ketones is 1. The number of phenolic OH excluding ortho intramolecular Hbond substituents is 2. The van der Waals surface area contributed by atoms with Crippen LogP contribution < -0.4 is 9.47 Å². The molecule has 6 nitrogen and oxygen atoms in total. The normalized spacial score (nSPS) is 11.6. The van der Waals surface area contributed by atoms with Crippen molar-refractivity contribution in [1.82, 2.24) is 0 Å². The van der Waals surface area contributed by atoms with E-state index in [-0.39, 0.29) is 28.6 Å². The number of hydrogen-bond acceptors (Lipinski definition) is 6. The minimum absolute atomic E-state index is 0.0107. The van der Waals surface area contributed by atoms with Gasteiger partial charge in [-0.1, -0.05) is 19.1 Å². The molecule has 0 aliphatic rings. The predicted molar refractivity (Wildman–Crippen MR) is 102 cm³/mol. The summed E-state index contributed by atoms with van der Waals surface area (Å²) < 4.78 is 16.0. The Hall–Kier alpha value is -3.41. The van der Waals surface area contributed by atoms with Gasteiger partial charge in [0.25, 0.3) is 0 Å². The first-order valence-electron chi connectivity index (χ1n) is 8.40. The number of allylic oxidation sites excluding steroid dienone is 1. The molecule has 0 fully saturated rings. The molecular weight excluding hydrogens is 348 g/mol. The van der Waals surface area contributed by atoms with E-state index < -0.39 is 5.78 Å². The van der Waals surface area contributed by atoms with Gasteiger partial charge in [0, 0.05) is 5.57 Å². The Labute approximate surface area is 156 Å². The Morgan fingerprint density at radius 2 is 1.89 bits per heavy atom. The minimum Gasteiger partial charge on any atom is -0.508 e. The van der Waals surface area contributed by atoms with Gasteiger partial charge in [0.1, 0.15) is 17.1 Å². The maximum atomic E-state index is 13.2. The van der Waals surface area contributed by atoms with E-state index in [0.29, 0.717) is 28.5 Å². The number of hydrogen-bond donors (Lipinski definition) is 2. The smallest absolute Gasteiger partial charge is 0.205 e. The topological polar surface area (TPSA) is 89.1 Å². The van der Waals surface area contributed by atoms with Crippen molar-refractivity contribution in [2.24, 2.45) is 0 Å². The molecule has 3 rings (SSSR count). The zero-order valence-electron chi connectivity index (χ0n) is 15.3. The van der Waals surface area contributed by atoms with Crippen LogP contribution in [0.25, 0.3) is 17.0 Å². The van der Waals surface area contributed by atoms with Crippen LogP contribution in [0.2, 0.25) is 0 Å². The third kappa shape index (κ3) is 3.21. The highest BCUT2D eigenvalue weighted by Crippen LogP contribution is 2.46. The summed E-state index contributed by atoms with van der Waals surface area (Å²) >= 11 is 0. The molecule has 0 unspecified atom stereocenters. The van der Waals surface area contributed by atoms with Gasteiger partial charge in [-0.15, -0.1) is 0 Å². The molecule has 140 valence electrons. The number of benzene rings is 2. The lowest BCUT2D eigenvalue weighted by Gasteiger charge is -2.15. The van der Waals surface area contributed by atoms with Crippen LogP contribution in [-0.4, -0.2) is 30.2 Å². The van der Waals surface area contributed by atoms with Crippen LogP contribution >= 0.6 is 0 Å². The number of furan rings is 1. The third-order valence-electron chi connectivity index (χ3n) is 4.31. The van der Waals surface area contributed by atoms with Gasteiger partial charge in [0.2, 0.25) is 5.75 Å². The highest BCUT2D eigenvalue weighted by Gasteiger charge is 2.28. The standard InChI is InChI=1S/C21H20O6/c1-4-13(10-12-6-5-7-14(22)11-12)17(23)16-18(24)21(26-3)20-15(8-9-27-20)19(16)25-2/h5-11,22,24H,4H2,1-3H3. The van der Waals surface area contributed by atoms with Gasteiger partial charge in [0.05, 0.1) is 25.9 Å². The second-order valence-electron chi connectivity index (χ2n) is 5.90. The van der Waals surface area contributed by atoms with E-state index in [4.69, 9.17) is 13.9 Å². The zero-order valence-corrected chi connectivity index (χ0v) is 15.3. The zero-order chi connectivity index (χ0) is 19.6. The van der Waals surface area contributed by atoms with E-state index in [1.165, 1.54) is 20.5 Å². The fourth-order valence-electron chi connectivity index (χ4n) is 3.04. The molecule has 3 aromatic rings. The van der Waals surface area contributed by atoms with Crippen LogP contribution in [0.15, 0.2) is 46.6 Å². The highest BCUT2D eigenvalue weighted by atomic mass is 16.5. The van der Waals surface area contributed by atoms with Crippen LogP contribution in [-0.2, 0) is 0 Å². The lowest BCUT2D eigenvalue weighted by Crippen LogP contribution is -2.07. The molecule has 0 spiro atoms. The molecule has 0 saturated heterocycles. The first-order valence-corrected chi connectivity index (χ1v) is 8.40. The van der Waals surface area contributed by atoms with Crippen molar-refractivity contribution < 1.29 is 28.9 Å². The van der Waals surface area contributed by atoms with Crippen molar-refractivity contribution >= 4 is 22.8 Å². The number of ether oxygens (including phenoxy) is 2. The van der Waals surface area contributed by atoms with Crippen molar-refractivity contribution in [2.45, 2.75) is 13.3 Å². The Balaban J connectivity index is 2.20. The van der Waals surface area contributed by atoms with E-state index in [2.05, 4.69) is 0 Å². The van der Waals surface area contributed by atoms with Crippen LogP contribution in [0, 0.1) is 0 Å². The molecule has 0 aliphatic carbocycles. The Morgan fingerprint density at radius 1 is 1.15 bits per heavy atom. The van der Waals surface area contributed by atoms with Gasteiger partial charge in [0.15, 0.2) is 17.1 Å². The molecule has 2 N–H and O–H groups in total. The molecule has 0 amide bonds. The third-order valence-corrected chi connectivity index (χ3v) is 4.31. The largest absolute Gasteiger partial charge is 0.508 e. The Bertz CT molecular complexity index is 1030.